The number of rotatable bonds is 6. The molecule has 1 atom stereocenters. The van der Waals surface area contributed by atoms with Gasteiger partial charge in [0.1, 0.15) is 5.75 Å². The lowest BCUT2D eigenvalue weighted by Crippen LogP contribution is -2.39. The molecule has 2 aromatic carbocycles. The molecule has 0 N–H and O–H groups in total. The number of thiazole rings is 1. The van der Waals surface area contributed by atoms with E-state index in [1.54, 1.807) is 18.4 Å². The average Bonchev–Trinajstić information content (AvgIpc) is 3.08. The number of allylic oxidation sites excluding steroid dienone is 1. The van der Waals surface area contributed by atoms with Gasteiger partial charge in [-0.2, -0.15) is 0 Å². The lowest BCUT2D eigenvalue weighted by Gasteiger charge is -2.24. The van der Waals surface area contributed by atoms with Crippen LogP contribution in [0, 0.1) is 3.57 Å². The Morgan fingerprint density at radius 2 is 1.94 bits per heavy atom. The molecule has 0 saturated carbocycles. The summed E-state index contributed by atoms with van der Waals surface area (Å²) in [6.07, 6.45) is 1.87. The van der Waals surface area contributed by atoms with Crippen molar-refractivity contribution >= 4 is 46.0 Å². The van der Waals surface area contributed by atoms with Crippen molar-refractivity contribution in [2.45, 2.75) is 26.8 Å². The van der Waals surface area contributed by atoms with Gasteiger partial charge in [0.2, 0.25) is 0 Å². The zero-order valence-electron chi connectivity index (χ0n) is 18.5. The number of aromatic nitrogens is 1. The summed E-state index contributed by atoms with van der Waals surface area (Å²) >= 11 is 3.56. The van der Waals surface area contributed by atoms with Crippen molar-refractivity contribution in [3.05, 3.63) is 94.2 Å². The third kappa shape index (κ3) is 4.81. The molecule has 0 saturated heterocycles. The van der Waals surface area contributed by atoms with E-state index in [0.717, 1.165) is 20.4 Å². The summed E-state index contributed by atoms with van der Waals surface area (Å²) in [4.78, 5) is 31.7. The minimum atomic E-state index is -0.631. The van der Waals surface area contributed by atoms with Crippen molar-refractivity contribution in [2.24, 2.45) is 4.99 Å². The fraction of sp³-hybridized carbons (Fsp3) is 0.240. The van der Waals surface area contributed by atoms with Gasteiger partial charge in [-0.05, 0) is 84.8 Å². The first-order chi connectivity index (χ1) is 15.9. The number of esters is 1. The van der Waals surface area contributed by atoms with Gasteiger partial charge in [0.05, 0.1) is 35.1 Å². The van der Waals surface area contributed by atoms with Gasteiger partial charge in [-0.1, -0.05) is 35.6 Å². The number of carbonyl (C=O) groups is 1. The van der Waals surface area contributed by atoms with Crippen LogP contribution >= 0.6 is 33.9 Å². The number of benzene rings is 2. The van der Waals surface area contributed by atoms with Crippen LogP contribution in [-0.2, 0) is 9.53 Å². The minimum Gasteiger partial charge on any atom is -0.494 e. The van der Waals surface area contributed by atoms with Gasteiger partial charge >= 0.3 is 5.97 Å². The largest absolute Gasteiger partial charge is 0.494 e. The Hall–Kier alpha value is -2.72. The topological polar surface area (TPSA) is 69.9 Å². The second-order valence-corrected chi connectivity index (χ2v) is 9.61. The molecule has 0 bridgehead atoms. The van der Waals surface area contributed by atoms with Crippen molar-refractivity contribution in [1.29, 1.82) is 0 Å². The lowest BCUT2D eigenvalue weighted by atomic mass is 9.96. The van der Waals surface area contributed by atoms with E-state index < -0.39 is 12.0 Å². The van der Waals surface area contributed by atoms with Gasteiger partial charge in [0.25, 0.3) is 5.56 Å². The summed E-state index contributed by atoms with van der Waals surface area (Å²) < 4.78 is 14.1. The second-order valence-electron chi connectivity index (χ2n) is 7.36. The van der Waals surface area contributed by atoms with Crippen LogP contribution in [0.2, 0.25) is 0 Å². The Morgan fingerprint density at radius 1 is 1.18 bits per heavy atom. The fourth-order valence-corrected chi connectivity index (χ4v) is 5.38. The van der Waals surface area contributed by atoms with Crippen LogP contribution in [0.3, 0.4) is 0 Å². The molecule has 4 rings (SSSR count). The number of halogens is 1. The third-order valence-corrected chi connectivity index (χ3v) is 6.82. The first kappa shape index (κ1) is 23.4. The van der Waals surface area contributed by atoms with E-state index in [1.807, 2.05) is 61.5 Å². The predicted octanol–water partition coefficient (Wildman–Crippen LogP) is 3.80. The zero-order valence-corrected chi connectivity index (χ0v) is 21.5. The number of hydrogen-bond donors (Lipinski definition) is 0. The smallest absolute Gasteiger partial charge is 0.338 e. The predicted molar refractivity (Wildman–Crippen MR) is 137 cm³/mol. The standard InChI is InChI=1S/C25H23IN2O4S/c1-4-31-19-11-9-17(10-12-19)22-21(24(30)32-5-2)15(3)27-25-28(22)23(29)20(33-25)14-16-7-6-8-18(26)13-16/h6-14,22H,4-5H2,1-3H3/b20-14+/t22-/m1/s1. The summed E-state index contributed by atoms with van der Waals surface area (Å²) in [5, 5.41) is 0. The molecule has 3 aromatic rings. The average molecular weight is 574 g/mol. The van der Waals surface area contributed by atoms with Crippen molar-refractivity contribution in [1.82, 2.24) is 4.57 Å². The summed E-state index contributed by atoms with van der Waals surface area (Å²) in [5.41, 5.74) is 2.46. The van der Waals surface area contributed by atoms with Crippen molar-refractivity contribution in [3.8, 4) is 5.75 Å². The van der Waals surface area contributed by atoms with Crippen molar-refractivity contribution < 1.29 is 14.3 Å². The Labute approximate surface area is 209 Å². The Balaban J connectivity index is 1.92. The molecule has 8 heteroatoms. The van der Waals surface area contributed by atoms with Gasteiger partial charge < -0.3 is 9.47 Å². The van der Waals surface area contributed by atoms with E-state index in [4.69, 9.17) is 9.47 Å². The molecular weight excluding hydrogens is 551 g/mol. The SMILES string of the molecule is CCOC(=O)C1=C(C)N=c2s/c(=C/c3cccc(I)c3)c(=O)n2[C@@H]1c1ccc(OCC)cc1. The molecule has 0 fully saturated rings. The molecular formula is C25H23IN2O4S. The summed E-state index contributed by atoms with van der Waals surface area (Å²) in [6.45, 7) is 6.26. The first-order valence-corrected chi connectivity index (χ1v) is 12.5. The Bertz CT molecular complexity index is 1400. The van der Waals surface area contributed by atoms with E-state index in [0.29, 0.717) is 27.2 Å². The van der Waals surface area contributed by atoms with E-state index in [-0.39, 0.29) is 12.2 Å². The molecule has 1 aliphatic heterocycles. The molecule has 1 aromatic heterocycles. The molecule has 1 aliphatic rings. The highest BCUT2D eigenvalue weighted by atomic mass is 127. The summed E-state index contributed by atoms with van der Waals surface area (Å²) in [7, 11) is 0. The van der Waals surface area contributed by atoms with Crippen LogP contribution in [0.1, 0.15) is 37.9 Å². The fourth-order valence-electron chi connectivity index (χ4n) is 3.77. The monoisotopic (exact) mass is 574 g/mol. The van der Waals surface area contributed by atoms with E-state index >= 15 is 0 Å². The number of fused-ring (bicyclic) bond motifs is 1. The number of ether oxygens (including phenoxy) is 2. The quantitative estimate of drug-likeness (QED) is 0.332. The third-order valence-electron chi connectivity index (χ3n) is 5.17. The second kappa shape index (κ2) is 10.0. The zero-order chi connectivity index (χ0) is 23.5. The Kier molecular flexibility index (Phi) is 7.14. The summed E-state index contributed by atoms with van der Waals surface area (Å²) in [6, 6.07) is 14.7. The van der Waals surface area contributed by atoms with Gasteiger partial charge in [-0.15, -0.1) is 0 Å². The molecule has 33 heavy (non-hydrogen) atoms. The number of carbonyl (C=O) groups excluding carboxylic acids is 1. The van der Waals surface area contributed by atoms with Gasteiger partial charge in [-0.25, -0.2) is 9.79 Å². The highest BCUT2D eigenvalue weighted by Gasteiger charge is 2.33. The van der Waals surface area contributed by atoms with E-state index in [2.05, 4.69) is 27.6 Å². The minimum absolute atomic E-state index is 0.189. The van der Waals surface area contributed by atoms with Crippen LogP contribution in [0.4, 0.5) is 0 Å². The molecule has 6 nitrogen and oxygen atoms in total. The highest BCUT2D eigenvalue weighted by Crippen LogP contribution is 2.31. The lowest BCUT2D eigenvalue weighted by molar-refractivity contribution is -0.139. The first-order valence-electron chi connectivity index (χ1n) is 10.6. The van der Waals surface area contributed by atoms with Crippen LogP contribution in [0.15, 0.2) is 69.6 Å². The van der Waals surface area contributed by atoms with Gasteiger partial charge in [0.15, 0.2) is 4.80 Å². The molecule has 0 aliphatic carbocycles. The van der Waals surface area contributed by atoms with Crippen LogP contribution in [0.25, 0.3) is 6.08 Å². The van der Waals surface area contributed by atoms with Crippen LogP contribution in [0.5, 0.6) is 5.75 Å². The maximum atomic E-state index is 13.6. The maximum Gasteiger partial charge on any atom is 0.338 e. The van der Waals surface area contributed by atoms with Crippen LogP contribution < -0.4 is 19.6 Å². The van der Waals surface area contributed by atoms with Crippen LogP contribution in [-0.4, -0.2) is 23.8 Å². The molecule has 0 spiro atoms. The molecule has 2 heterocycles. The molecule has 0 unspecified atom stereocenters. The van der Waals surface area contributed by atoms with E-state index in [9.17, 15) is 9.59 Å². The number of nitrogens with zero attached hydrogens (tertiary/aromatic N) is 2. The molecule has 0 amide bonds. The summed E-state index contributed by atoms with van der Waals surface area (Å²) in [5.74, 6) is 0.259. The Morgan fingerprint density at radius 3 is 2.61 bits per heavy atom. The van der Waals surface area contributed by atoms with Gasteiger partial charge in [0, 0.05) is 3.57 Å². The normalized spacial score (nSPS) is 15.8. The van der Waals surface area contributed by atoms with Crippen molar-refractivity contribution in [3.63, 3.8) is 0 Å². The van der Waals surface area contributed by atoms with Crippen molar-refractivity contribution in [2.75, 3.05) is 13.2 Å². The molecule has 0 radical (unpaired) electrons. The molecule has 170 valence electrons. The number of hydrogen-bond acceptors (Lipinski definition) is 6. The maximum absolute atomic E-state index is 13.6. The van der Waals surface area contributed by atoms with Gasteiger partial charge in [-0.3, -0.25) is 9.36 Å². The van der Waals surface area contributed by atoms with E-state index in [1.165, 1.54) is 11.3 Å². The highest BCUT2D eigenvalue weighted by molar-refractivity contribution is 14.1.